The van der Waals surface area contributed by atoms with Gasteiger partial charge in [0.25, 0.3) is 0 Å². The summed E-state index contributed by atoms with van der Waals surface area (Å²) in [6.07, 6.45) is 4.96. The number of hydrogen-bond acceptors (Lipinski definition) is 2. The Morgan fingerprint density at radius 3 is 3.00 bits per heavy atom. The van der Waals surface area contributed by atoms with Gasteiger partial charge >= 0.3 is 0 Å². The number of anilines is 1. The summed E-state index contributed by atoms with van der Waals surface area (Å²) in [6.45, 7) is 4.18. The summed E-state index contributed by atoms with van der Waals surface area (Å²) in [5.41, 5.74) is 1.95. The Morgan fingerprint density at radius 1 is 1.50 bits per heavy atom. The number of carbonyl (C=O) groups is 1. The molecule has 0 unspecified atom stereocenters. The lowest BCUT2D eigenvalue weighted by atomic mass is 10.2. The van der Waals surface area contributed by atoms with Gasteiger partial charge in [-0.25, -0.2) is 0 Å². The number of nitrogens with zero attached hydrogens (tertiary/aromatic N) is 3. The number of benzene rings is 1. The molecular formula is C14H15N3O. The molecule has 92 valence electrons. The van der Waals surface area contributed by atoms with Crippen LogP contribution in [-0.2, 0) is 11.3 Å². The van der Waals surface area contributed by atoms with Gasteiger partial charge in [-0.05, 0) is 29.8 Å². The minimum atomic E-state index is -0.119. The average molecular weight is 241 g/mol. The Labute approximate surface area is 106 Å². The molecule has 0 bridgehead atoms. The largest absolute Gasteiger partial charge is 0.312 e. The first-order valence-electron chi connectivity index (χ1n) is 5.67. The van der Waals surface area contributed by atoms with Gasteiger partial charge in [-0.15, -0.1) is 0 Å². The van der Waals surface area contributed by atoms with E-state index in [-0.39, 0.29) is 5.91 Å². The molecule has 0 radical (unpaired) electrons. The van der Waals surface area contributed by atoms with E-state index in [0.29, 0.717) is 6.54 Å². The number of aromatic nitrogens is 2. The zero-order chi connectivity index (χ0) is 13.0. The number of rotatable bonds is 4. The Bertz CT molecular complexity index is 546. The number of amides is 1. The molecule has 0 aliphatic carbocycles. The molecule has 0 atom stereocenters. The van der Waals surface area contributed by atoms with Gasteiger partial charge in [0.1, 0.15) is 0 Å². The van der Waals surface area contributed by atoms with Crippen LogP contribution in [0.25, 0.3) is 0 Å². The fourth-order valence-corrected chi connectivity index (χ4v) is 1.71. The molecule has 1 heterocycles. The predicted molar refractivity (Wildman–Crippen MR) is 71.4 cm³/mol. The van der Waals surface area contributed by atoms with Crippen molar-refractivity contribution in [2.24, 2.45) is 0 Å². The van der Waals surface area contributed by atoms with Crippen molar-refractivity contribution in [2.45, 2.75) is 6.54 Å². The Hall–Kier alpha value is -2.36. The first-order valence-corrected chi connectivity index (χ1v) is 5.67. The van der Waals surface area contributed by atoms with Crippen molar-refractivity contribution in [3.8, 4) is 0 Å². The lowest BCUT2D eigenvalue weighted by molar-refractivity contribution is -0.113. The summed E-state index contributed by atoms with van der Waals surface area (Å²) >= 11 is 0. The third-order valence-corrected chi connectivity index (χ3v) is 2.71. The summed E-state index contributed by atoms with van der Waals surface area (Å²) in [7, 11) is 1.73. The number of likely N-dealkylation sites (N-methyl/N-ethyl adjacent to an activating group) is 1. The highest BCUT2D eigenvalue weighted by Crippen LogP contribution is 2.15. The van der Waals surface area contributed by atoms with Gasteiger partial charge in [-0.2, -0.15) is 5.10 Å². The zero-order valence-corrected chi connectivity index (χ0v) is 10.3. The van der Waals surface area contributed by atoms with Crippen molar-refractivity contribution in [3.63, 3.8) is 0 Å². The monoisotopic (exact) mass is 241 g/mol. The van der Waals surface area contributed by atoms with Gasteiger partial charge in [0, 0.05) is 25.1 Å². The van der Waals surface area contributed by atoms with Gasteiger partial charge in [0.15, 0.2) is 0 Å². The van der Waals surface area contributed by atoms with Gasteiger partial charge < -0.3 is 4.90 Å². The van der Waals surface area contributed by atoms with Crippen LogP contribution in [0.5, 0.6) is 0 Å². The van der Waals surface area contributed by atoms with Crippen LogP contribution >= 0.6 is 0 Å². The van der Waals surface area contributed by atoms with Crippen LogP contribution in [0.15, 0.2) is 55.4 Å². The van der Waals surface area contributed by atoms with Crippen LogP contribution in [0.1, 0.15) is 5.56 Å². The zero-order valence-electron chi connectivity index (χ0n) is 10.3. The van der Waals surface area contributed by atoms with Crippen LogP contribution in [0.4, 0.5) is 5.69 Å². The SMILES string of the molecule is C=CC(=O)N(C)c1cccc(Cn2cccn2)c1. The topological polar surface area (TPSA) is 38.1 Å². The fraction of sp³-hybridized carbons (Fsp3) is 0.143. The van der Waals surface area contributed by atoms with Crippen LogP contribution in [-0.4, -0.2) is 22.7 Å². The molecule has 0 fully saturated rings. The average Bonchev–Trinajstić information content (AvgIpc) is 2.90. The molecule has 0 saturated carbocycles. The van der Waals surface area contributed by atoms with E-state index in [2.05, 4.69) is 11.7 Å². The molecular weight excluding hydrogens is 226 g/mol. The van der Waals surface area contributed by atoms with Gasteiger partial charge in [-0.1, -0.05) is 18.7 Å². The summed E-state index contributed by atoms with van der Waals surface area (Å²) < 4.78 is 1.84. The van der Waals surface area contributed by atoms with Crippen molar-refractivity contribution in [2.75, 3.05) is 11.9 Å². The Morgan fingerprint density at radius 2 is 2.33 bits per heavy atom. The van der Waals surface area contributed by atoms with Crippen molar-refractivity contribution in [1.82, 2.24) is 9.78 Å². The number of hydrogen-bond donors (Lipinski definition) is 0. The molecule has 4 heteroatoms. The molecule has 0 spiro atoms. The molecule has 18 heavy (non-hydrogen) atoms. The van der Waals surface area contributed by atoms with E-state index in [0.717, 1.165) is 11.3 Å². The van der Waals surface area contributed by atoms with Crippen LogP contribution < -0.4 is 4.90 Å². The molecule has 2 aromatic rings. The molecule has 1 amide bonds. The number of carbonyl (C=O) groups excluding carboxylic acids is 1. The summed E-state index contributed by atoms with van der Waals surface area (Å²) in [4.78, 5) is 13.1. The quantitative estimate of drug-likeness (QED) is 0.769. The van der Waals surface area contributed by atoms with E-state index < -0.39 is 0 Å². The maximum atomic E-state index is 11.5. The molecule has 0 aliphatic heterocycles. The Kier molecular flexibility index (Phi) is 3.57. The van der Waals surface area contributed by atoms with Crippen LogP contribution in [0.3, 0.4) is 0 Å². The second-order valence-electron chi connectivity index (χ2n) is 3.97. The second-order valence-corrected chi connectivity index (χ2v) is 3.97. The molecule has 0 N–H and O–H groups in total. The van der Waals surface area contributed by atoms with Crippen molar-refractivity contribution < 1.29 is 4.79 Å². The highest BCUT2D eigenvalue weighted by Gasteiger charge is 2.07. The van der Waals surface area contributed by atoms with Crippen molar-refractivity contribution >= 4 is 11.6 Å². The van der Waals surface area contributed by atoms with E-state index in [4.69, 9.17) is 0 Å². The summed E-state index contributed by atoms with van der Waals surface area (Å²) in [5.74, 6) is -0.119. The molecule has 0 aliphatic rings. The van der Waals surface area contributed by atoms with Crippen molar-refractivity contribution in [3.05, 3.63) is 60.9 Å². The van der Waals surface area contributed by atoms with E-state index in [1.165, 1.54) is 6.08 Å². The summed E-state index contributed by atoms with van der Waals surface area (Å²) in [6, 6.07) is 9.70. The first-order chi connectivity index (χ1) is 8.70. The maximum Gasteiger partial charge on any atom is 0.250 e. The lowest BCUT2D eigenvalue weighted by Crippen LogP contribution is -2.23. The van der Waals surface area contributed by atoms with Crippen molar-refractivity contribution in [1.29, 1.82) is 0 Å². The Balaban J connectivity index is 2.19. The van der Waals surface area contributed by atoms with E-state index >= 15 is 0 Å². The second kappa shape index (κ2) is 5.31. The van der Waals surface area contributed by atoms with Crippen LogP contribution in [0, 0.1) is 0 Å². The van der Waals surface area contributed by atoms with E-state index in [1.807, 2.05) is 41.2 Å². The smallest absolute Gasteiger partial charge is 0.250 e. The lowest BCUT2D eigenvalue weighted by Gasteiger charge is -2.16. The minimum Gasteiger partial charge on any atom is -0.312 e. The minimum absolute atomic E-state index is 0.119. The summed E-state index contributed by atoms with van der Waals surface area (Å²) in [5, 5.41) is 4.16. The highest BCUT2D eigenvalue weighted by atomic mass is 16.2. The normalized spacial score (nSPS) is 10.1. The predicted octanol–water partition coefficient (Wildman–Crippen LogP) is 2.08. The maximum absolute atomic E-state index is 11.5. The fourth-order valence-electron chi connectivity index (χ4n) is 1.71. The van der Waals surface area contributed by atoms with Gasteiger partial charge in [-0.3, -0.25) is 9.48 Å². The van der Waals surface area contributed by atoms with E-state index in [9.17, 15) is 4.79 Å². The third kappa shape index (κ3) is 2.66. The van der Waals surface area contributed by atoms with Crippen LogP contribution in [0.2, 0.25) is 0 Å². The van der Waals surface area contributed by atoms with Gasteiger partial charge in [0.05, 0.1) is 6.54 Å². The molecule has 1 aromatic heterocycles. The molecule has 0 saturated heterocycles. The standard InChI is InChI=1S/C14H15N3O/c1-3-14(18)16(2)13-7-4-6-12(10-13)11-17-9-5-8-15-17/h3-10H,1,11H2,2H3. The first kappa shape index (κ1) is 12.1. The highest BCUT2D eigenvalue weighted by molar-refractivity contribution is 6.00. The van der Waals surface area contributed by atoms with Gasteiger partial charge in [0.2, 0.25) is 5.91 Å². The third-order valence-electron chi connectivity index (χ3n) is 2.71. The molecule has 2 rings (SSSR count). The molecule has 1 aromatic carbocycles. The van der Waals surface area contributed by atoms with E-state index in [1.54, 1.807) is 18.1 Å². The molecule has 4 nitrogen and oxygen atoms in total.